The van der Waals surface area contributed by atoms with Crippen molar-refractivity contribution in [2.24, 2.45) is 11.8 Å². The van der Waals surface area contributed by atoms with Crippen LogP contribution in [0.2, 0.25) is 0 Å². The molecule has 4 unspecified atom stereocenters. The summed E-state index contributed by atoms with van der Waals surface area (Å²) in [6.45, 7) is 4.10. The maximum absolute atomic E-state index is 13.5. The Kier molecular flexibility index (Phi) is 5.33. The van der Waals surface area contributed by atoms with E-state index in [0.29, 0.717) is 0 Å². The summed E-state index contributed by atoms with van der Waals surface area (Å²) in [5.41, 5.74) is -1.25. The summed E-state index contributed by atoms with van der Waals surface area (Å²) in [6, 6.07) is 5.97. The Labute approximate surface area is 183 Å². The van der Waals surface area contributed by atoms with Gasteiger partial charge in [-0.1, -0.05) is 12.1 Å². The highest BCUT2D eigenvalue weighted by Crippen LogP contribution is 2.54. The van der Waals surface area contributed by atoms with Crippen LogP contribution >= 0.6 is 0 Å². The quantitative estimate of drug-likeness (QED) is 0.275. The topological polar surface area (TPSA) is 126 Å². The lowest BCUT2D eigenvalue weighted by atomic mass is 9.76. The number of fused-ring (bicyclic) bond motifs is 5. The van der Waals surface area contributed by atoms with Crippen LogP contribution in [0.3, 0.4) is 0 Å². The maximum atomic E-state index is 13.5. The summed E-state index contributed by atoms with van der Waals surface area (Å²) in [6.07, 6.45) is 0.781. The smallest absolute Gasteiger partial charge is 0.338 e. The van der Waals surface area contributed by atoms with Crippen LogP contribution in [0, 0.1) is 11.8 Å². The maximum Gasteiger partial charge on any atom is 0.338 e. The lowest BCUT2D eigenvalue weighted by molar-refractivity contribution is -0.226. The van der Waals surface area contributed by atoms with Gasteiger partial charge >= 0.3 is 17.9 Å². The Bertz CT molecular complexity index is 1030. The summed E-state index contributed by atoms with van der Waals surface area (Å²) < 4.78 is 21.2. The van der Waals surface area contributed by atoms with Gasteiger partial charge in [0.15, 0.2) is 5.60 Å². The van der Waals surface area contributed by atoms with Gasteiger partial charge in [0.05, 0.1) is 35.8 Å². The lowest BCUT2D eigenvalue weighted by Crippen LogP contribution is -2.52. The molecule has 32 heavy (non-hydrogen) atoms. The van der Waals surface area contributed by atoms with E-state index in [4.69, 9.17) is 18.9 Å². The van der Waals surface area contributed by atoms with E-state index >= 15 is 0 Å². The van der Waals surface area contributed by atoms with E-state index in [2.05, 4.69) is 0 Å². The number of hydrogen-bond acceptors (Lipinski definition) is 9. The summed E-state index contributed by atoms with van der Waals surface area (Å²) in [4.78, 5) is 63.1. The first-order valence-electron chi connectivity index (χ1n) is 10.1. The molecule has 3 heterocycles. The number of carbonyl (C=O) groups excluding carboxylic acids is 5. The van der Waals surface area contributed by atoms with Crippen molar-refractivity contribution in [3.8, 4) is 0 Å². The Morgan fingerprint density at radius 3 is 2.44 bits per heavy atom. The molecule has 4 atom stereocenters. The first-order chi connectivity index (χ1) is 15.2. The van der Waals surface area contributed by atoms with Crippen LogP contribution in [-0.4, -0.2) is 54.3 Å². The van der Waals surface area contributed by atoms with Crippen LogP contribution in [0.25, 0.3) is 0 Å². The molecule has 0 saturated carbocycles. The molecule has 168 valence electrons. The zero-order chi connectivity index (χ0) is 23.2. The minimum atomic E-state index is -1.63. The van der Waals surface area contributed by atoms with Crippen LogP contribution in [0.1, 0.15) is 31.1 Å². The van der Waals surface area contributed by atoms with Gasteiger partial charge in [-0.3, -0.25) is 19.2 Å². The van der Waals surface area contributed by atoms with Gasteiger partial charge in [-0.15, -0.1) is 0 Å². The number of benzene rings is 1. The third-order valence-electron chi connectivity index (χ3n) is 5.61. The van der Waals surface area contributed by atoms with Crippen molar-refractivity contribution in [2.75, 3.05) is 11.5 Å². The van der Waals surface area contributed by atoms with E-state index in [0.717, 1.165) is 18.7 Å². The number of esters is 3. The lowest BCUT2D eigenvalue weighted by Gasteiger charge is -2.34. The van der Waals surface area contributed by atoms with Gasteiger partial charge in [-0.05, 0) is 31.2 Å². The number of carbonyl (C=O) groups is 5. The van der Waals surface area contributed by atoms with Crippen LogP contribution in [0.5, 0.6) is 0 Å². The average Bonchev–Trinajstić information content (AvgIpc) is 3.38. The molecule has 0 aliphatic carbocycles. The molecule has 0 aromatic heterocycles. The van der Waals surface area contributed by atoms with Gasteiger partial charge in [-0.2, -0.15) is 0 Å². The third-order valence-corrected chi connectivity index (χ3v) is 5.61. The van der Waals surface area contributed by atoms with Crippen molar-refractivity contribution >= 4 is 35.4 Å². The van der Waals surface area contributed by atoms with Crippen LogP contribution in [0.4, 0.5) is 5.69 Å². The monoisotopic (exact) mass is 443 g/mol. The highest BCUT2D eigenvalue weighted by molar-refractivity contribution is 6.23. The van der Waals surface area contributed by atoms with Gasteiger partial charge in [0, 0.05) is 13.8 Å². The molecule has 0 radical (unpaired) electrons. The molecular weight excluding hydrogens is 422 g/mol. The molecule has 10 heteroatoms. The van der Waals surface area contributed by atoms with Crippen LogP contribution < -0.4 is 4.90 Å². The zero-order valence-corrected chi connectivity index (χ0v) is 17.6. The fourth-order valence-electron chi connectivity index (χ4n) is 4.46. The number of imide groups is 1. The van der Waals surface area contributed by atoms with Crippen molar-refractivity contribution in [3.05, 3.63) is 42.0 Å². The average molecular weight is 443 g/mol. The Morgan fingerprint density at radius 2 is 1.81 bits per heavy atom. The van der Waals surface area contributed by atoms with E-state index < -0.39 is 59.6 Å². The first kappa shape index (κ1) is 21.7. The molecule has 2 amide bonds. The fraction of sp³-hybridized carbons (Fsp3) is 0.409. The number of hydrogen-bond donors (Lipinski definition) is 0. The van der Waals surface area contributed by atoms with Crippen LogP contribution in [-0.2, 0) is 38.1 Å². The largest absolute Gasteiger partial charge is 0.462 e. The second kappa shape index (κ2) is 7.86. The van der Waals surface area contributed by atoms with Crippen LogP contribution in [0.15, 0.2) is 36.4 Å². The van der Waals surface area contributed by atoms with E-state index in [9.17, 15) is 24.0 Å². The normalized spacial score (nSPS) is 27.6. The first-order valence-corrected chi connectivity index (χ1v) is 10.1. The molecule has 10 nitrogen and oxygen atoms in total. The number of ether oxygens (including phenoxy) is 4. The summed E-state index contributed by atoms with van der Waals surface area (Å²) in [5.74, 6) is -5.19. The van der Waals surface area contributed by atoms with Gasteiger partial charge in [0.1, 0.15) is 0 Å². The molecule has 0 spiro atoms. The van der Waals surface area contributed by atoms with Crippen molar-refractivity contribution in [1.29, 1.82) is 0 Å². The second-order valence-corrected chi connectivity index (χ2v) is 7.63. The van der Waals surface area contributed by atoms with E-state index in [1.807, 2.05) is 0 Å². The third kappa shape index (κ3) is 3.27. The van der Waals surface area contributed by atoms with Gasteiger partial charge in [0.2, 0.25) is 11.8 Å². The van der Waals surface area contributed by atoms with E-state index in [1.54, 1.807) is 13.0 Å². The molecule has 0 N–H and O–H groups in total. The predicted molar refractivity (Wildman–Crippen MR) is 106 cm³/mol. The zero-order valence-electron chi connectivity index (χ0n) is 17.6. The number of rotatable bonds is 6. The molecule has 2 fully saturated rings. The van der Waals surface area contributed by atoms with Gasteiger partial charge < -0.3 is 18.9 Å². The van der Waals surface area contributed by atoms with E-state index in [1.165, 1.54) is 30.3 Å². The molecular formula is C22H21NO9. The van der Waals surface area contributed by atoms with Crippen molar-refractivity contribution in [1.82, 2.24) is 0 Å². The standard InChI is InChI=1S/C22H21NO9/c1-4-29-20(28)13-6-5-7-14(10-13)23-18(26)16-15-8-9-22(32-15,17(16)19(23)27)21(30-11(2)24)31-12(3)25/h5-10,15-17,21H,4H2,1-3H3. The van der Waals surface area contributed by atoms with Crippen molar-refractivity contribution in [3.63, 3.8) is 0 Å². The molecule has 3 aliphatic heterocycles. The molecule has 2 bridgehead atoms. The van der Waals surface area contributed by atoms with E-state index in [-0.39, 0.29) is 17.9 Å². The highest BCUT2D eigenvalue weighted by atomic mass is 16.7. The fourth-order valence-corrected chi connectivity index (χ4v) is 4.46. The number of amides is 2. The van der Waals surface area contributed by atoms with Gasteiger partial charge in [-0.25, -0.2) is 9.69 Å². The second-order valence-electron chi connectivity index (χ2n) is 7.63. The SMILES string of the molecule is CCOC(=O)c1cccc(N2C(=O)C3C4C=CC(C(OC(C)=O)OC(C)=O)(O4)C3C2=O)c1. The van der Waals surface area contributed by atoms with Crippen molar-refractivity contribution in [2.45, 2.75) is 38.8 Å². The number of anilines is 1. The number of nitrogens with zero attached hydrogens (tertiary/aromatic N) is 1. The van der Waals surface area contributed by atoms with Gasteiger partial charge in [0.25, 0.3) is 6.29 Å². The summed E-state index contributed by atoms with van der Waals surface area (Å²) >= 11 is 0. The highest BCUT2D eigenvalue weighted by Gasteiger charge is 2.72. The molecule has 2 saturated heterocycles. The molecule has 1 aromatic rings. The Morgan fingerprint density at radius 1 is 1.12 bits per heavy atom. The minimum Gasteiger partial charge on any atom is -0.462 e. The Balaban J connectivity index is 1.71. The predicted octanol–water partition coefficient (Wildman–Crippen LogP) is 1.13. The summed E-state index contributed by atoms with van der Waals surface area (Å²) in [7, 11) is 0. The minimum absolute atomic E-state index is 0.176. The molecule has 3 aliphatic rings. The Hall–Kier alpha value is -3.53. The molecule has 4 rings (SSSR count). The van der Waals surface area contributed by atoms with Crippen molar-refractivity contribution < 1.29 is 42.9 Å². The summed E-state index contributed by atoms with van der Waals surface area (Å²) in [5, 5.41) is 0. The molecule has 1 aromatic carbocycles.